The van der Waals surface area contributed by atoms with Crippen LogP contribution in [0.3, 0.4) is 0 Å². The smallest absolute Gasteiger partial charge is 0.253 e. The molecule has 29 heavy (non-hydrogen) atoms. The number of carbonyl (C=O) groups excluding carboxylic acids is 2. The Morgan fingerprint density at radius 1 is 1.07 bits per heavy atom. The van der Waals surface area contributed by atoms with Crippen molar-refractivity contribution in [3.63, 3.8) is 0 Å². The number of halogens is 1. The monoisotopic (exact) mass is 399 g/mol. The quantitative estimate of drug-likeness (QED) is 0.843. The fourth-order valence-corrected chi connectivity index (χ4v) is 4.27. The fraction of sp³-hybridized carbons (Fsp3) is 0.476. The number of amides is 2. The maximum Gasteiger partial charge on any atom is 0.253 e. The van der Waals surface area contributed by atoms with Crippen LogP contribution in [0.2, 0.25) is 0 Å². The number of benzene rings is 1. The molecule has 0 spiro atoms. The van der Waals surface area contributed by atoms with E-state index < -0.39 is 0 Å². The van der Waals surface area contributed by atoms with Gasteiger partial charge in [0.2, 0.25) is 5.91 Å². The van der Waals surface area contributed by atoms with Gasteiger partial charge in [-0.25, -0.2) is 4.39 Å². The topological polar surface area (TPSA) is 70.5 Å². The van der Waals surface area contributed by atoms with E-state index in [1.54, 1.807) is 9.58 Å². The molecule has 2 aliphatic heterocycles. The fourth-order valence-electron chi connectivity index (χ4n) is 4.27. The van der Waals surface area contributed by atoms with Crippen molar-refractivity contribution in [2.75, 3.05) is 39.3 Å². The molecule has 1 aromatic heterocycles. The van der Waals surface area contributed by atoms with Crippen molar-refractivity contribution in [2.45, 2.75) is 12.3 Å². The van der Waals surface area contributed by atoms with E-state index in [-0.39, 0.29) is 29.5 Å². The molecule has 154 valence electrons. The minimum Gasteiger partial charge on any atom is -0.341 e. The highest BCUT2D eigenvalue weighted by molar-refractivity contribution is 5.94. The van der Waals surface area contributed by atoms with Gasteiger partial charge < -0.3 is 15.1 Å². The van der Waals surface area contributed by atoms with Crippen molar-refractivity contribution < 1.29 is 14.0 Å². The van der Waals surface area contributed by atoms with E-state index >= 15 is 0 Å². The Morgan fingerprint density at radius 3 is 2.52 bits per heavy atom. The molecule has 1 aromatic carbocycles. The third kappa shape index (κ3) is 4.17. The maximum atomic E-state index is 13.2. The van der Waals surface area contributed by atoms with Crippen LogP contribution in [-0.2, 0) is 11.8 Å². The first kappa shape index (κ1) is 19.6. The molecular weight excluding hydrogens is 373 g/mol. The summed E-state index contributed by atoms with van der Waals surface area (Å²) in [5.41, 5.74) is 1.56. The third-order valence-corrected chi connectivity index (χ3v) is 5.87. The summed E-state index contributed by atoms with van der Waals surface area (Å²) in [6.45, 7) is 3.66. The lowest BCUT2D eigenvalue weighted by molar-refractivity contribution is -0.135. The van der Waals surface area contributed by atoms with Gasteiger partial charge in [0, 0.05) is 64.0 Å². The zero-order chi connectivity index (χ0) is 20.4. The molecule has 2 fully saturated rings. The summed E-state index contributed by atoms with van der Waals surface area (Å²) in [5, 5.41) is 7.58. The lowest BCUT2D eigenvalue weighted by Crippen LogP contribution is -2.41. The van der Waals surface area contributed by atoms with Gasteiger partial charge in [-0.15, -0.1) is 0 Å². The Kier molecular flexibility index (Phi) is 5.62. The van der Waals surface area contributed by atoms with Crippen LogP contribution in [-0.4, -0.2) is 70.7 Å². The number of hydrogen-bond acceptors (Lipinski definition) is 4. The summed E-state index contributed by atoms with van der Waals surface area (Å²) in [7, 11) is 1.88. The summed E-state index contributed by atoms with van der Waals surface area (Å²) in [5.74, 6) is -0.326. The standard InChI is InChI=1S/C21H26FN5O2/c1-25-14-16(11-24-25)18-12-23-13-19(18)21(29)27-8-2-7-26(9-10-27)20(28)15-3-5-17(22)6-4-15/h3-6,11,14,18-19,23H,2,7-10,12-13H2,1H3/t18-,19+/m1/s1. The van der Waals surface area contributed by atoms with Crippen molar-refractivity contribution in [3.8, 4) is 0 Å². The second kappa shape index (κ2) is 8.32. The Morgan fingerprint density at radius 2 is 1.79 bits per heavy atom. The summed E-state index contributed by atoms with van der Waals surface area (Å²) < 4.78 is 14.9. The van der Waals surface area contributed by atoms with Crippen molar-refractivity contribution in [3.05, 3.63) is 53.6 Å². The molecule has 7 nitrogen and oxygen atoms in total. The summed E-state index contributed by atoms with van der Waals surface area (Å²) in [6.07, 6.45) is 4.54. The number of carbonyl (C=O) groups is 2. The number of hydrogen-bond donors (Lipinski definition) is 1. The molecular formula is C21H26FN5O2. The Balaban J connectivity index is 1.40. The summed E-state index contributed by atoms with van der Waals surface area (Å²) in [6, 6.07) is 5.61. The predicted octanol–water partition coefficient (Wildman–Crippen LogP) is 1.24. The molecule has 1 N–H and O–H groups in total. The number of aryl methyl sites for hydroxylation is 1. The van der Waals surface area contributed by atoms with Crippen LogP contribution in [0.1, 0.15) is 28.3 Å². The summed E-state index contributed by atoms with van der Waals surface area (Å²) >= 11 is 0. The normalized spacial score (nSPS) is 22.6. The lowest BCUT2D eigenvalue weighted by atomic mass is 9.89. The van der Waals surface area contributed by atoms with E-state index in [9.17, 15) is 14.0 Å². The van der Waals surface area contributed by atoms with Crippen LogP contribution in [0.4, 0.5) is 4.39 Å². The molecule has 8 heteroatoms. The predicted molar refractivity (Wildman–Crippen MR) is 106 cm³/mol. The van der Waals surface area contributed by atoms with E-state index in [1.807, 2.05) is 24.3 Å². The van der Waals surface area contributed by atoms with E-state index in [0.29, 0.717) is 38.3 Å². The van der Waals surface area contributed by atoms with Gasteiger partial charge in [-0.1, -0.05) is 0 Å². The highest BCUT2D eigenvalue weighted by atomic mass is 19.1. The molecule has 2 aliphatic rings. The van der Waals surface area contributed by atoms with Crippen LogP contribution in [0.5, 0.6) is 0 Å². The zero-order valence-corrected chi connectivity index (χ0v) is 16.6. The van der Waals surface area contributed by atoms with E-state index in [1.165, 1.54) is 24.3 Å². The second-order valence-electron chi connectivity index (χ2n) is 7.80. The van der Waals surface area contributed by atoms with Crippen molar-refractivity contribution >= 4 is 11.8 Å². The van der Waals surface area contributed by atoms with Gasteiger partial charge in [-0.05, 0) is 36.2 Å². The molecule has 2 aromatic rings. The van der Waals surface area contributed by atoms with Gasteiger partial charge in [0.05, 0.1) is 12.1 Å². The second-order valence-corrected chi connectivity index (χ2v) is 7.80. The molecule has 4 rings (SSSR count). The van der Waals surface area contributed by atoms with Crippen LogP contribution in [0.15, 0.2) is 36.7 Å². The van der Waals surface area contributed by atoms with Crippen LogP contribution >= 0.6 is 0 Å². The van der Waals surface area contributed by atoms with E-state index in [0.717, 1.165) is 18.5 Å². The van der Waals surface area contributed by atoms with E-state index in [2.05, 4.69) is 10.4 Å². The number of nitrogens with zero attached hydrogens (tertiary/aromatic N) is 4. The van der Waals surface area contributed by atoms with Crippen molar-refractivity contribution in [2.24, 2.45) is 13.0 Å². The van der Waals surface area contributed by atoms with Gasteiger partial charge in [0.1, 0.15) is 5.82 Å². The minimum absolute atomic E-state index is 0.112. The first-order valence-electron chi connectivity index (χ1n) is 10.1. The first-order valence-corrected chi connectivity index (χ1v) is 10.1. The largest absolute Gasteiger partial charge is 0.341 e. The number of nitrogens with one attached hydrogen (secondary N) is 1. The maximum absolute atomic E-state index is 13.2. The third-order valence-electron chi connectivity index (χ3n) is 5.87. The summed E-state index contributed by atoms with van der Waals surface area (Å²) in [4.78, 5) is 29.6. The van der Waals surface area contributed by atoms with E-state index in [4.69, 9.17) is 0 Å². The van der Waals surface area contributed by atoms with Gasteiger partial charge in [-0.2, -0.15) is 5.10 Å². The van der Waals surface area contributed by atoms with Crippen LogP contribution < -0.4 is 5.32 Å². The van der Waals surface area contributed by atoms with Crippen LogP contribution in [0, 0.1) is 11.7 Å². The highest BCUT2D eigenvalue weighted by Crippen LogP contribution is 2.29. The van der Waals surface area contributed by atoms with Gasteiger partial charge in [-0.3, -0.25) is 14.3 Å². The van der Waals surface area contributed by atoms with Gasteiger partial charge in [0.25, 0.3) is 5.91 Å². The van der Waals surface area contributed by atoms with Crippen molar-refractivity contribution in [1.29, 1.82) is 0 Å². The molecule has 2 amide bonds. The Bertz CT molecular complexity index is 881. The number of aromatic nitrogens is 2. The molecule has 0 radical (unpaired) electrons. The van der Waals surface area contributed by atoms with Gasteiger partial charge in [0.15, 0.2) is 0 Å². The number of rotatable bonds is 3. The molecule has 0 saturated carbocycles. The zero-order valence-electron chi connectivity index (χ0n) is 16.6. The average molecular weight is 399 g/mol. The van der Waals surface area contributed by atoms with Crippen molar-refractivity contribution in [1.82, 2.24) is 24.9 Å². The molecule has 0 unspecified atom stereocenters. The van der Waals surface area contributed by atoms with Crippen LogP contribution in [0.25, 0.3) is 0 Å². The SMILES string of the molecule is Cn1cc([C@H]2CNC[C@@H]2C(=O)N2CCCN(C(=O)c3ccc(F)cc3)CC2)cn1. The molecule has 3 heterocycles. The minimum atomic E-state index is -0.359. The molecule has 0 aliphatic carbocycles. The average Bonchev–Trinajstić information content (AvgIpc) is 3.30. The molecule has 2 saturated heterocycles. The lowest BCUT2D eigenvalue weighted by Gasteiger charge is -2.26. The Labute approximate surface area is 169 Å². The molecule has 2 atom stereocenters. The highest BCUT2D eigenvalue weighted by Gasteiger charge is 2.37. The first-order chi connectivity index (χ1) is 14.0. The molecule has 0 bridgehead atoms. The Hall–Kier alpha value is -2.74. The van der Waals surface area contributed by atoms with Gasteiger partial charge >= 0.3 is 0 Å².